The fourth-order valence-electron chi connectivity index (χ4n) is 2.77. The summed E-state index contributed by atoms with van der Waals surface area (Å²) in [6, 6.07) is 10.1. The van der Waals surface area contributed by atoms with Crippen molar-refractivity contribution in [3.63, 3.8) is 0 Å². The molecule has 2 aromatic heterocycles. The van der Waals surface area contributed by atoms with Crippen LogP contribution in [0.15, 0.2) is 39.8 Å². The average molecular weight is 545 g/mol. The van der Waals surface area contributed by atoms with Gasteiger partial charge in [0.15, 0.2) is 11.8 Å². The molecular formula is C20H28IN5O3S. The summed E-state index contributed by atoms with van der Waals surface area (Å²) in [6.45, 7) is 7.64. The molecule has 0 saturated heterocycles. The molecule has 0 aliphatic heterocycles. The maximum Gasteiger partial charge on any atom is 0.248 e. The number of hydrogen-bond acceptors (Lipinski definition) is 7. The number of rotatable bonds is 9. The number of nitrogens with one attached hydrogen (secondary N) is 2. The highest BCUT2D eigenvalue weighted by atomic mass is 127. The first-order valence-electron chi connectivity index (χ1n) is 9.73. The van der Waals surface area contributed by atoms with E-state index in [0.29, 0.717) is 37.4 Å². The van der Waals surface area contributed by atoms with Gasteiger partial charge in [0.25, 0.3) is 0 Å². The van der Waals surface area contributed by atoms with E-state index in [4.69, 9.17) is 9.26 Å². The topological polar surface area (TPSA) is 105 Å². The lowest BCUT2D eigenvalue weighted by atomic mass is 10.2. The van der Waals surface area contributed by atoms with Crippen LogP contribution in [0.2, 0.25) is 0 Å². The Morgan fingerprint density at radius 1 is 1.30 bits per heavy atom. The first-order chi connectivity index (χ1) is 14.1. The van der Waals surface area contributed by atoms with Gasteiger partial charge in [0.05, 0.1) is 0 Å². The van der Waals surface area contributed by atoms with E-state index in [9.17, 15) is 5.11 Å². The normalized spacial score (nSPS) is 13.7. The summed E-state index contributed by atoms with van der Waals surface area (Å²) in [5, 5.41) is 21.9. The highest BCUT2D eigenvalue weighted by Crippen LogP contribution is 2.29. The molecule has 2 atom stereocenters. The Morgan fingerprint density at radius 2 is 2.10 bits per heavy atom. The van der Waals surface area contributed by atoms with Gasteiger partial charge in [0.2, 0.25) is 5.89 Å². The van der Waals surface area contributed by atoms with E-state index in [0.717, 1.165) is 15.0 Å². The molecule has 0 bridgehead atoms. The third-order valence-electron chi connectivity index (χ3n) is 4.22. The maximum atomic E-state index is 10.5. The fourth-order valence-corrected chi connectivity index (χ4v) is 3.82. The zero-order valence-corrected chi connectivity index (χ0v) is 20.4. The Balaban J connectivity index is 0.00000320. The van der Waals surface area contributed by atoms with E-state index in [-0.39, 0.29) is 36.6 Å². The van der Waals surface area contributed by atoms with Crippen molar-refractivity contribution >= 4 is 51.4 Å². The largest absolute Gasteiger partial charge is 0.386 e. The summed E-state index contributed by atoms with van der Waals surface area (Å²) in [4.78, 5) is 9.69. The van der Waals surface area contributed by atoms with Crippen molar-refractivity contribution in [1.29, 1.82) is 0 Å². The summed E-state index contributed by atoms with van der Waals surface area (Å²) in [7, 11) is 0. The molecule has 10 heteroatoms. The van der Waals surface area contributed by atoms with Crippen molar-refractivity contribution in [3.05, 3.63) is 46.9 Å². The predicted octanol–water partition coefficient (Wildman–Crippen LogP) is 3.79. The zero-order chi connectivity index (χ0) is 20.6. The smallest absolute Gasteiger partial charge is 0.248 e. The third-order valence-corrected chi connectivity index (χ3v) is 5.43. The molecule has 30 heavy (non-hydrogen) atoms. The van der Waals surface area contributed by atoms with Gasteiger partial charge in [-0.2, -0.15) is 4.98 Å². The van der Waals surface area contributed by atoms with Crippen molar-refractivity contribution in [2.75, 3.05) is 19.7 Å². The third kappa shape index (κ3) is 6.62. The monoisotopic (exact) mass is 545 g/mol. The lowest BCUT2D eigenvalue weighted by Crippen LogP contribution is -2.39. The van der Waals surface area contributed by atoms with Crippen LogP contribution < -0.4 is 10.6 Å². The summed E-state index contributed by atoms with van der Waals surface area (Å²) in [6.07, 6.45) is -0.845. The van der Waals surface area contributed by atoms with Crippen LogP contribution in [0.25, 0.3) is 10.1 Å². The van der Waals surface area contributed by atoms with E-state index < -0.39 is 6.10 Å². The van der Waals surface area contributed by atoms with Gasteiger partial charge in [-0.25, -0.2) is 4.99 Å². The van der Waals surface area contributed by atoms with Crippen LogP contribution in [0, 0.1) is 0 Å². The number of hydrogen-bond donors (Lipinski definition) is 3. The Kier molecular flexibility index (Phi) is 9.95. The van der Waals surface area contributed by atoms with Gasteiger partial charge in [-0.05, 0) is 38.3 Å². The second-order valence-corrected chi connectivity index (χ2v) is 7.54. The van der Waals surface area contributed by atoms with Gasteiger partial charge in [-0.3, -0.25) is 0 Å². The molecule has 0 amide bonds. The minimum Gasteiger partial charge on any atom is -0.386 e. The number of aromatic nitrogens is 2. The minimum absolute atomic E-state index is 0. The van der Waals surface area contributed by atoms with Crippen molar-refractivity contribution in [3.8, 4) is 0 Å². The van der Waals surface area contributed by atoms with Crippen LogP contribution in [-0.2, 0) is 11.3 Å². The predicted molar refractivity (Wildman–Crippen MR) is 129 cm³/mol. The molecule has 3 N–H and O–H groups in total. The standard InChI is InChI=1S/C20H27N5O3S.HI/c1-4-21-20(23-12-18-24-19(25-28-18)13(3)27-5-2)22-11-15(26)17-10-14-8-6-7-9-16(14)29-17;/h6-10,13,15,26H,4-5,11-12H2,1-3H3,(H2,21,22,23);1H. The lowest BCUT2D eigenvalue weighted by Gasteiger charge is -2.14. The Hall–Kier alpha value is -1.76. The molecule has 3 aromatic rings. The van der Waals surface area contributed by atoms with Crippen LogP contribution in [0.4, 0.5) is 0 Å². The number of thiophene rings is 1. The molecular weight excluding hydrogens is 517 g/mol. The number of ether oxygens (including phenoxy) is 1. The summed E-state index contributed by atoms with van der Waals surface area (Å²) < 4.78 is 11.9. The highest BCUT2D eigenvalue weighted by molar-refractivity contribution is 14.0. The van der Waals surface area contributed by atoms with Crippen molar-refractivity contribution in [1.82, 2.24) is 20.8 Å². The first kappa shape index (κ1) is 24.5. The number of aliphatic hydroxyl groups excluding tert-OH is 1. The number of benzene rings is 1. The average Bonchev–Trinajstić information content (AvgIpc) is 3.37. The molecule has 2 unspecified atom stereocenters. The maximum absolute atomic E-state index is 10.5. The van der Waals surface area contributed by atoms with Gasteiger partial charge >= 0.3 is 0 Å². The quantitative estimate of drug-likeness (QED) is 0.214. The van der Waals surface area contributed by atoms with Crippen LogP contribution >= 0.6 is 35.3 Å². The number of nitrogens with zero attached hydrogens (tertiary/aromatic N) is 3. The summed E-state index contributed by atoms with van der Waals surface area (Å²) >= 11 is 1.59. The van der Waals surface area contributed by atoms with Crippen LogP contribution in [0.3, 0.4) is 0 Å². The SMILES string of the molecule is CCNC(=NCc1nc(C(C)OCC)no1)NCC(O)c1cc2ccccc2s1.I. The van der Waals surface area contributed by atoms with Gasteiger partial charge in [0, 0.05) is 29.3 Å². The molecule has 0 aliphatic carbocycles. The molecule has 164 valence electrons. The Labute approximate surface area is 197 Å². The zero-order valence-electron chi connectivity index (χ0n) is 17.3. The molecule has 0 saturated carbocycles. The van der Waals surface area contributed by atoms with E-state index in [2.05, 4.69) is 31.8 Å². The van der Waals surface area contributed by atoms with Gasteiger partial charge in [0.1, 0.15) is 18.8 Å². The van der Waals surface area contributed by atoms with Crippen molar-refractivity contribution in [2.24, 2.45) is 4.99 Å². The Morgan fingerprint density at radius 3 is 2.83 bits per heavy atom. The summed E-state index contributed by atoms with van der Waals surface area (Å²) in [5.41, 5.74) is 0. The van der Waals surface area contributed by atoms with E-state index in [1.807, 2.05) is 45.0 Å². The van der Waals surface area contributed by atoms with Gasteiger partial charge in [-0.15, -0.1) is 35.3 Å². The number of fused-ring (bicyclic) bond motifs is 1. The number of aliphatic imine (C=N–C) groups is 1. The first-order valence-corrected chi connectivity index (χ1v) is 10.5. The fraction of sp³-hybridized carbons (Fsp3) is 0.450. The molecule has 0 fully saturated rings. The molecule has 1 aromatic carbocycles. The van der Waals surface area contributed by atoms with E-state index in [1.54, 1.807) is 11.3 Å². The molecule has 0 spiro atoms. The number of guanidine groups is 1. The Bertz CT molecular complexity index is 912. The van der Waals surface area contributed by atoms with Crippen molar-refractivity contribution < 1.29 is 14.4 Å². The second kappa shape index (κ2) is 12.2. The minimum atomic E-state index is -0.627. The van der Waals surface area contributed by atoms with Crippen LogP contribution in [0.1, 0.15) is 49.6 Å². The molecule has 3 rings (SSSR count). The molecule has 2 heterocycles. The number of halogens is 1. The van der Waals surface area contributed by atoms with Crippen LogP contribution in [0.5, 0.6) is 0 Å². The van der Waals surface area contributed by atoms with E-state index >= 15 is 0 Å². The van der Waals surface area contributed by atoms with Gasteiger partial charge in [-0.1, -0.05) is 23.4 Å². The molecule has 8 nitrogen and oxygen atoms in total. The second-order valence-electron chi connectivity index (χ2n) is 6.42. The molecule has 0 aliphatic rings. The lowest BCUT2D eigenvalue weighted by molar-refractivity contribution is 0.0683. The number of aliphatic hydroxyl groups is 1. The summed E-state index contributed by atoms with van der Waals surface area (Å²) in [5.74, 6) is 1.49. The highest BCUT2D eigenvalue weighted by Gasteiger charge is 2.14. The van der Waals surface area contributed by atoms with E-state index in [1.165, 1.54) is 0 Å². The molecule has 0 radical (unpaired) electrons. The van der Waals surface area contributed by atoms with Crippen LogP contribution in [-0.4, -0.2) is 40.9 Å². The van der Waals surface area contributed by atoms with Gasteiger partial charge < -0.3 is 25.0 Å². The van der Waals surface area contributed by atoms with Crippen molar-refractivity contribution in [2.45, 2.75) is 39.5 Å².